The minimum atomic E-state index is -0.557. The van der Waals surface area contributed by atoms with E-state index in [1.165, 1.54) is 18.4 Å². The van der Waals surface area contributed by atoms with Gasteiger partial charge in [0.1, 0.15) is 6.61 Å². The second kappa shape index (κ2) is 10.5. The van der Waals surface area contributed by atoms with Crippen LogP contribution in [0.5, 0.6) is 0 Å². The third-order valence-electron chi connectivity index (χ3n) is 4.21. The first-order chi connectivity index (χ1) is 12.1. The fraction of sp³-hybridized carbons (Fsp3) is 0.550. The van der Waals surface area contributed by atoms with Gasteiger partial charge in [0.2, 0.25) is 0 Å². The molecule has 0 spiro atoms. The van der Waals surface area contributed by atoms with Crippen LogP contribution in [0.3, 0.4) is 0 Å². The number of hydrogen-bond donors (Lipinski definition) is 1. The summed E-state index contributed by atoms with van der Waals surface area (Å²) >= 11 is 1.87. The first kappa shape index (κ1) is 19.9. The van der Waals surface area contributed by atoms with Crippen LogP contribution in [0.15, 0.2) is 36.4 Å². The average molecular weight is 364 g/mol. The second-order valence-electron chi connectivity index (χ2n) is 6.45. The summed E-state index contributed by atoms with van der Waals surface area (Å²) in [5.74, 6) is 2.06. The summed E-state index contributed by atoms with van der Waals surface area (Å²) in [5, 5.41) is 10.2. The highest BCUT2D eigenvalue weighted by atomic mass is 32.2. The van der Waals surface area contributed by atoms with E-state index < -0.39 is 6.10 Å². The van der Waals surface area contributed by atoms with Crippen LogP contribution in [0, 0.1) is 6.92 Å². The van der Waals surface area contributed by atoms with E-state index in [0.29, 0.717) is 19.6 Å². The van der Waals surface area contributed by atoms with Gasteiger partial charge in [0.05, 0.1) is 12.1 Å². The lowest BCUT2D eigenvalue weighted by atomic mass is 10.0. The van der Waals surface area contributed by atoms with E-state index in [-0.39, 0.29) is 12.1 Å². The molecule has 1 aromatic rings. The number of carbonyl (C=O) groups is 1. The number of unbranched alkanes of at least 4 members (excludes halogenated alkanes) is 1. The van der Waals surface area contributed by atoms with Gasteiger partial charge in [-0.2, -0.15) is 11.8 Å². The van der Waals surface area contributed by atoms with E-state index >= 15 is 0 Å². The summed E-state index contributed by atoms with van der Waals surface area (Å²) < 4.78 is 5.17. The van der Waals surface area contributed by atoms with Crippen LogP contribution in [0.25, 0.3) is 0 Å². The first-order valence-electron chi connectivity index (χ1n) is 9.03. The number of carbonyl (C=O) groups excluding carboxylic acids is 1. The van der Waals surface area contributed by atoms with Crippen molar-refractivity contribution in [1.82, 2.24) is 4.90 Å². The minimum absolute atomic E-state index is 0.0774. The van der Waals surface area contributed by atoms with Crippen LogP contribution >= 0.6 is 11.8 Å². The Labute approximate surface area is 155 Å². The van der Waals surface area contributed by atoms with Gasteiger partial charge in [0, 0.05) is 18.7 Å². The van der Waals surface area contributed by atoms with Crippen LogP contribution in [0.1, 0.15) is 30.9 Å². The summed E-state index contributed by atoms with van der Waals surface area (Å²) in [6.45, 7) is 5.28. The molecule has 2 atom stereocenters. The molecule has 0 unspecified atom stereocenters. The van der Waals surface area contributed by atoms with Crippen LogP contribution in [-0.2, 0) is 11.2 Å². The van der Waals surface area contributed by atoms with Crippen molar-refractivity contribution in [3.05, 3.63) is 47.5 Å². The Morgan fingerprint density at radius 1 is 1.44 bits per heavy atom. The van der Waals surface area contributed by atoms with Crippen LogP contribution in [0.4, 0.5) is 4.79 Å². The van der Waals surface area contributed by atoms with Gasteiger partial charge in [-0.1, -0.05) is 55.3 Å². The smallest absolute Gasteiger partial charge is 0.410 e. The number of cyclic esters (lactones) is 1. The molecule has 1 N–H and O–H groups in total. The van der Waals surface area contributed by atoms with Gasteiger partial charge < -0.3 is 9.84 Å². The van der Waals surface area contributed by atoms with E-state index in [0.717, 1.165) is 17.1 Å². The fourth-order valence-corrected chi connectivity index (χ4v) is 3.82. The predicted molar refractivity (Wildman–Crippen MR) is 104 cm³/mol. The molecule has 1 aromatic carbocycles. The van der Waals surface area contributed by atoms with E-state index in [9.17, 15) is 9.90 Å². The van der Waals surface area contributed by atoms with E-state index in [1.54, 1.807) is 11.0 Å². The Hall–Kier alpha value is -1.46. The quantitative estimate of drug-likeness (QED) is 0.507. The molecule has 0 aromatic heterocycles. The summed E-state index contributed by atoms with van der Waals surface area (Å²) in [5.41, 5.74) is 2.30. The average Bonchev–Trinajstić information content (AvgIpc) is 2.93. The number of aryl methyl sites for hydroxylation is 1. The molecule has 4 nitrogen and oxygen atoms in total. The molecule has 1 fully saturated rings. The molecule has 0 radical (unpaired) electrons. The highest BCUT2D eigenvalue weighted by molar-refractivity contribution is 7.99. The van der Waals surface area contributed by atoms with Gasteiger partial charge in [-0.15, -0.1) is 0 Å². The molecule has 0 aliphatic carbocycles. The summed E-state index contributed by atoms with van der Waals surface area (Å²) in [7, 11) is 0. The molecular weight excluding hydrogens is 334 g/mol. The van der Waals surface area contributed by atoms with E-state index in [4.69, 9.17) is 4.74 Å². The Balaban J connectivity index is 1.82. The number of benzene rings is 1. The molecule has 138 valence electrons. The molecule has 25 heavy (non-hydrogen) atoms. The largest absolute Gasteiger partial charge is 0.447 e. The molecule has 5 heteroatoms. The highest BCUT2D eigenvalue weighted by Crippen LogP contribution is 2.16. The van der Waals surface area contributed by atoms with Crippen molar-refractivity contribution < 1.29 is 14.6 Å². The lowest BCUT2D eigenvalue weighted by molar-refractivity contribution is 0.159. The minimum Gasteiger partial charge on any atom is -0.447 e. The molecular formula is C20H29NO3S. The monoisotopic (exact) mass is 363 g/mol. The fourth-order valence-electron chi connectivity index (χ4n) is 2.80. The Morgan fingerprint density at radius 3 is 3.04 bits per heavy atom. The number of rotatable bonds is 10. The normalized spacial score (nSPS) is 18.8. The third kappa shape index (κ3) is 6.75. The highest BCUT2D eigenvalue weighted by Gasteiger charge is 2.30. The molecule has 1 aliphatic heterocycles. The number of hydrogen-bond acceptors (Lipinski definition) is 4. The molecule has 1 amide bonds. The summed E-state index contributed by atoms with van der Waals surface area (Å²) in [6.07, 6.45) is 5.87. The van der Waals surface area contributed by atoms with Crippen LogP contribution in [-0.4, -0.2) is 52.9 Å². The summed E-state index contributed by atoms with van der Waals surface area (Å²) in [4.78, 5) is 13.6. The molecule has 2 rings (SSSR count). The topological polar surface area (TPSA) is 49.8 Å². The van der Waals surface area contributed by atoms with Crippen LogP contribution in [0.2, 0.25) is 0 Å². The van der Waals surface area contributed by atoms with Crippen LogP contribution < -0.4 is 0 Å². The maximum absolute atomic E-state index is 11.9. The summed E-state index contributed by atoms with van der Waals surface area (Å²) in [6, 6.07) is 8.07. The van der Waals surface area contributed by atoms with Gasteiger partial charge in [0.25, 0.3) is 0 Å². The molecule has 1 heterocycles. The third-order valence-corrected chi connectivity index (χ3v) is 5.26. The maximum Gasteiger partial charge on any atom is 0.410 e. The van der Waals surface area contributed by atoms with Crippen molar-refractivity contribution in [1.29, 1.82) is 0 Å². The van der Waals surface area contributed by atoms with Gasteiger partial charge in [-0.05, 0) is 24.7 Å². The zero-order valence-electron chi connectivity index (χ0n) is 15.2. The van der Waals surface area contributed by atoms with Crippen molar-refractivity contribution in [2.24, 2.45) is 0 Å². The van der Waals surface area contributed by atoms with Gasteiger partial charge in [-0.3, -0.25) is 4.90 Å². The second-order valence-corrected chi connectivity index (χ2v) is 7.67. The van der Waals surface area contributed by atoms with Gasteiger partial charge in [-0.25, -0.2) is 4.79 Å². The standard InChI is InChI=1S/C20H29NO3S/c1-3-4-11-25-12-10-21-18(15-24-20(21)23)8-9-19(22)14-17-7-5-6-16(2)13-17/h5-9,13,18-19,22H,3-4,10-12,14-15H2,1-2H3/b9-8+/t18-,19+/m0/s1. The molecule has 0 saturated carbocycles. The number of amides is 1. The van der Waals surface area contributed by atoms with Crippen molar-refractivity contribution in [3.63, 3.8) is 0 Å². The number of thioether (sulfide) groups is 1. The van der Waals surface area contributed by atoms with Crippen molar-refractivity contribution in [2.45, 2.75) is 45.3 Å². The lowest BCUT2D eigenvalue weighted by Gasteiger charge is -2.18. The van der Waals surface area contributed by atoms with Crippen molar-refractivity contribution in [2.75, 3.05) is 24.7 Å². The SMILES string of the molecule is CCCCSCCN1C(=O)OC[C@@H]1/C=C/[C@@H](O)Cc1cccc(C)c1. The predicted octanol–water partition coefficient (Wildman–Crippen LogP) is 3.81. The van der Waals surface area contributed by atoms with Gasteiger partial charge in [0.15, 0.2) is 0 Å². The van der Waals surface area contributed by atoms with E-state index in [1.807, 2.05) is 43.0 Å². The van der Waals surface area contributed by atoms with E-state index in [2.05, 4.69) is 13.0 Å². The first-order valence-corrected chi connectivity index (χ1v) is 10.2. The van der Waals surface area contributed by atoms with Gasteiger partial charge >= 0.3 is 6.09 Å². The lowest BCUT2D eigenvalue weighted by Crippen LogP contribution is -2.34. The molecule has 1 saturated heterocycles. The maximum atomic E-state index is 11.9. The number of aliphatic hydroxyl groups excluding tert-OH is 1. The Morgan fingerprint density at radius 2 is 2.28 bits per heavy atom. The molecule has 0 bridgehead atoms. The van der Waals surface area contributed by atoms with Crippen molar-refractivity contribution >= 4 is 17.9 Å². The Bertz CT molecular complexity index is 576. The zero-order valence-corrected chi connectivity index (χ0v) is 16.0. The Kier molecular flexibility index (Phi) is 8.35. The number of nitrogens with zero attached hydrogens (tertiary/aromatic N) is 1. The molecule has 1 aliphatic rings. The number of aliphatic hydroxyl groups is 1. The number of ether oxygens (including phenoxy) is 1. The zero-order chi connectivity index (χ0) is 18.1. The van der Waals surface area contributed by atoms with Crippen molar-refractivity contribution in [3.8, 4) is 0 Å².